The molecule has 23 heavy (non-hydrogen) atoms. The Morgan fingerprint density at radius 2 is 2.43 bits per heavy atom. The number of rotatable bonds is 8. The molecule has 1 atom stereocenters. The van der Waals surface area contributed by atoms with E-state index in [0.29, 0.717) is 31.1 Å². The second-order valence-electron chi connectivity index (χ2n) is 5.55. The van der Waals surface area contributed by atoms with Gasteiger partial charge in [0.2, 0.25) is 5.91 Å². The third-order valence-corrected chi connectivity index (χ3v) is 3.74. The molecular formula is C15H21N5O3. The maximum Gasteiger partial charge on any atom is 0.255 e. The summed E-state index contributed by atoms with van der Waals surface area (Å²) in [6.45, 7) is 2.05. The quantitative estimate of drug-likeness (QED) is 0.787. The molecule has 0 spiro atoms. The van der Waals surface area contributed by atoms with E-state index < -0.39 is 0 Å². The third-order valence-electron chi connectivity index (χ3n) is 3.74. The minimum absolute atomic E-state index is 0.0351. The molecule has 1 fully saturated rings. The summed E-state index contributed by atoms with van der Waals surface area (Å²) in [7, 11) is 0. The predicted octanol–water partition coefficient (Wildman–Crippen LogP) is 1.26. The topological polar surface area (TPSA) is 95.1 Å². The molecule has 3 heterocycles. The fourth-order valence-corrected chi connectivity index (χ4v) is 2.52. The summed E-state index contributed by atoms with van der Waals surface area (Å²) in [5.41, 5.74) is 0. The third kappa shape index (κ3) is 4.62. The Morgan fingerprint density at radius 3 is 3.22 bits per heavy atom. The van der Waals surface area contributed by atoms with Crippen molar-refractivity contribution in [2.75, 3.05) is 13.2 Å². The standard InChI is InChI=1S/C15H21N5O3/c21-14(4-1-8-20-9-7-16-11-20)17-6-5-13-18-15(23-19-13)12-3-2-10-22-12/h7,9,11-12H,1-6,8,10H2,(H,17,21)/t12-/m1/s1. The van der Waals surface area contributed by atoms with Gasteiger partial charge in [0.05, 0.1) is 6.33 Å². The van der Waals surface area contributed by atoms with Crippen LogP contribution in [-0.2, 0) is 22.5 Å². The molecule has 8 heteroatoms. The highest BCUT2D eigenvalue weighted by Gasteiger charge is 2.23. The summed E-state index contributed by atoms with van der Waals surface area (Å²) in [6.07, 6.45) is 9.10. The first-order chi connectivity index (χ1) is 11.3. The predicted molar refractivity (Wildman–Crippen MR) is 80.4 cm³/mol. The molecule has 0 aliphatic carbocycles. The summed E-state index contributed by atoms with van der Waals surface area (Å²) >= 11 is 0. The number of ether oxygens (including phenoxy) is 1. The van der Waals surface area contributed by atoms with Crippen molar-refractivity contribution in [3.05, 3.63) is 30.4 Å². The minimum atomic E-state index is -0.0611. The molecule has 1 aliphatic rings. The van der Waals surface area contributed by atoms with E-state index in [4.69, 9.17) is 9.26 Å². The molecule has 1 aliphatic heterocycles. The van der Waals surface area contributed by atoms with Crippen LogP contribution in [0.1, 0.15) is 43.5 Å². The summed E-state index contributed by atoms with van der Waals surface area (Å²) < 4.78 is 12.7. The number of hydrogen-bond acceptors (Lipinski definition) is 6. The Labute approximate surface area is 134 Å². The molecule has 0 unspecified atom stereocenters. The van der Waals surface area contributed by atoms with Gasteiger partial charge in [-0.1, -0.05) is 5.16 Å². The van der Waals surface area contributed by atoms with Crippen LogP contribution in [0.5, 0.6) is 0 Å². The molecule has 0 bridgehead atoms. The lowest BCUT2D eigenvalue weighted by atomic mass is 10.2. The molecule has 2 aromatic heterocycles. The SMILES string of the molecule is O=C(CCCn1ccnc1)NCCc1noc([C@H]2CCCO2)n1. The van der Waals surface area contributed by atoms with Gasteiger partial charge in [-0.3, -0.25) is 4.79 Å². The molecule has 1 amide bonds. The lowest BCUT2D eigenvalue weighted by molar-refractivity contribution is -0.121. The maximum atomic E-state index is 11.8. The summed E-state index contributed by atoms with van der Waals surface area (Å²) in [5.74, 6) is 1.19. The zero-order valence-electron chi connectivity index (χ0n) is 13.0. The van der Waals surface area contributed by atoms with E-state index in [1.165, 1.54) is 0 Å². The molecule has 0 aromatic carbocycles. The minimum Gasteiger partial charge on any atom is -0.368 e. The lowest BCUT2D eigenvalue weighted by Crippen LogP contribution is -2.25. The number of carbonyl (C=O) groups excluding carboxylic acids is 1. The highest BCUT2D eigenvalue weighted by Crippen LogP contribution is 2.26. The van der Waals surface area contributed by atoms with Gasteiger partial charge in [0, 0.05) is 44.9 Å². The van der Waals surface area contributed by atoms with Crippen LogP contribution in [0.15, 0.2) is 23.2 Å². The van der Waals surface area contributed by atoms with Crippen LogP contribution in [0.3, 0.4) is 0 Å². The Hall–Kier alpha value is -2.22. The van der Waals surface area contributed by atoms with E-state index in [2.05, 4.69) is 20.4 Å². The highest BCUT2D eigenvalue weighted by molar-refractivity contribution is 5.75. The molecule has 0 saturated carbocycles. The van der Waals surface area contributed by atoms with Gasteiger partial charge in [0.15, 0.2) is 5.82 Å². The molecule has 1 N–H and O–H groups in total. The van der Waals surface area contributed by atoms with Crippen LogP contribution < -0.4 is 5.32 Å². The van der Waals surface area contributed by atoms with E-state index in [1.807, 2.05) is 10.8 Å². The van der Waals surface area contributed by atoms with Crippen LogP contribution in [0.4, 0.5) is 0 Å². The smallest absolute Gasteiger partial charge is 0.255 e. The molecule has 2 aromatic rings. The van der Waals surface area contributed by atoms with Gasteiger partial charge >= 0.3 is 0 Å². The van der Waals surface area contributed by atoms with E-state index in [-0.39, 0.29) is 12.0 Å². The van der Waals surface area contributed by atoms with Crippen LogP contribution >= 0.6 is 0 Å². The first kappa shape index (κ1) is 15.7. The van der Waals surface area contributed by atoms with Crippen molar-refractivity contribution in [1.82, 2.24) is 25.0 Å². The van der Waals surface area contributed by atoms with Gasteiger partial charge < -0.3 is 19.1 Å². The average molecular weight is 319 g/mol. The van der Waals surface area contributed by atoms with Crippen molar-refractivity contribution < 1.29 is 14.1 Å². The average Bonchev–Trinajstić information content (AvgIpc) is 3.29. The Bertz CT molecular complexity index is 604. The number of aromatic nitrogens is 4. The van der Waals surface area contributed by atoms with E-state index in [9.17, 15) is 4.79 Å². The van der Waals surface area contributed by atoms with Crippen molar-refractivity contribution in [2.45, 2.75) is 44.8 Å². The van der Waals surface area contributed by atoms with E-state index in [1.54, 1.807) is 12.5 Å². The second-order valence-corrected chi connectivity index (χ2v) is 5.55. The molecule has 124 valence electrons. The fourth-order valence-electron chi connectivity index (χ4n) is 2.52. The summed E-state index contributed by atoms with van der Waals surface area (Å²) in [5, 5.41) is 6.80. The monoisotopic (exact) mass is 319 g/mol. The highest BCUT2D eigenvalue weighted by atomic mass is 16.5. The Kier molecular flexibility index (Phi) is 5.36. The molecule has 3 rings (SSSR count). The second kappa shape index (κ2) is 7.87. The van der Waals surface area contributed by atoms with Crippen molar-refractivity contribution in [3.8, 4) is 0 Å². The van der Waals surface area contributed by atoms with Crippen LogP contribution in [0.25, 0.3) is 0 Å². The van der Waals surface area contributed by atoms with Gasteiger partial charge in [-0.25, -0.2) is 4.98 Å². The number of carbonyl (C=O) groups is 1. The number of hydrogen-bond donors (Lipinski definition) is 1. The molecular weight excluding hydrogens is 298 g/mol. The number of imidazole rings is 1. The molecule has 1 saturated heterocycles. The first-order valence-electron chi connectivity index (χ1n) is 7.98. The molecule has 8 nitrogen and oxygen atoms in total. The van der Waals surface area contributed by atoms with Crippen molar-refractivity contribution in [3.63, 3.8) is 0 Å². The van der Waals surface area contributed by atoms with Gasteiger partial charge in [-0.2, -0.15) is 4.98 Å². The summed E-state index contributed by atoms with van der Waals surface area (Å²) in [6, 6.07) is 0. The maximum absolute atomic E-state index is 11.8. The van der Waals surface area contributed by atoms with Crippen molar-refractivity contribution in [1.29, 1.82) is 0 Å². The largest absolute Gasteiger partial charge is 0.368 e. The number of aryl methyl sites for hydroxylation is 1. The normalized spacial score (nSPS) is 17.5. The van der Waals surface area contributed by atoms with Crippen molar-refractivity contribution >= 4 is 5.91 Å². The van der Waals surface area contributed by atoms with Gasteiger partial charge in [-0.15, -0.1) is 0 Å². The zero-order chi connectivity index (χ0) is 15.9. The first-order valence-corrected chi connectivity index (χ1v) is 7.98. The Morgan fingerprint density at radius 1 is 1.48 bits per heavy atom. The van der Waals surface area contributed by atoms with Gasteiger partial charge in [-0.05, 0) is 19.3 Å². The van der Waals surface area contributed by atoms with Crippen LogP contribution in [-0.4, -0.2) is 38.8 Å². The zero-order valence-corrected chi connectivity index (χ0v) is 13.0. The molecule has 0 radical (unpaired) electrons. The van der Waals surface area contributed by atoms with Gasteiger partial charge in [0.25, 0.3) is 5.89 Å². The fraction of sp³-hybridized carbons (Fsp3) is 0.600. The van der Waals surface area contributed by atoms with Gasteiger partial charge in [0.1, 0.15) is 6.10 Å². The van der Waals surface area contributed by atoms with Crippen LogP contribution in [0.2, 0.25) is 0 Å². The lowest BCUT2D eigenvalue weighted by Gasteiger charge is -2.04. The number of nitrogens with one attached hydrogen (secondary N) is 1. The van der Waals surface area contributed by atoms with Crippen LogP contribution in [0, 0.1) is 0 Å². The van der Waals surface area contributed by atoms with E-state index in [0.717, 1.165) is 32.4 Å². The van der Waals surface area contributed by atoms with E-state index >= 15 is 0 Å². The number of amides is 1. The van der Waals surface area contributed by atoms with Crippen molar-refractivity contribution in [2.24, 2.45) is 0 Å². The Balaban J connectivity index is 1.32. The number of nitrogens with zero attached hydrogens (tertiary/aromatic N) is 4. The summed E-state index contributed by atoms with van der Waals surface area (Å²) in [4.78, 5) is 20.0.